The minimum Gasteiger partial charge on any atom is -0.316 e. The molecule has 4 nitrogen and oxygen atoms in total. The Bertz CT molecular complexity index is 555. The summed E-state index contributed by atoms with van der Waals surface area (Å²) in [6.45, 7) is 1.42. The summed E-state index contributed by atoms with van der Waals surface area (Å²) in [6.07, 6.45) is 0.807. The van der Waals surface area contributed by atoms with Crippen LogP contribution in [0.2, 0.25) is 0 Å². The molecule has 0 spiro atoms. The van der Waals surface area contributed by atoms with Crippen LogP contribution in [0.15, 0.2) is 23.1 Å². The Labute approximate surface area is 123 Å². The van der Waals surface area contributed by atoms with Gasteiger partial charge in [-0.2, -0.15) is 16.1 Å². The molecule has 1 N–H and O–H groups in total. The van der Waals surface area contributed by atoms with Crippen LogP contribution >= 0.6 is 11.8 Å². The fourth-order valence-electron chi connectivity index (χ4n) is 2.16. The van der Waals surface area contributed by atoms with E-state index in [9.17, 15) is 12.8 Å². The fourth-order valence-corrected chi connectivity index (χ4v) is 4.76. The zero-order chi connectivity index (χ0) is 14.6. The lowest BCUT2D eigenvalue weighted by molar-refractivity contribution is 0.430. The molecule has 0 bridgehead atoms. The summed E-state index contributed by atoms with van der Waals surface area (Å²) in [5.74, 6) is 1.03. The second kappa shape index (κ2) is 6.89. The Balaban J connectivity index is 2.34. The van der Waals surface area contributed by atoms with Crippen molar-refractivity contribution in [2.75, 3.05) is 31.6 Å². The molecule has 1 aliphatic rings. The third-order valence-electron chi connectivity index (χ3n) is 3.18. The van der Waals surface area contributed by atoms with Gasteiger partial charge < -0.3 is 5.32 Å². The summed E-state index contributed by atoms with van der Waals surface area (Å²) in [5.41, 5.74) is 0.761. The third kappa shape index (κ3) is 3.52. The summed E-state index contributed by atoms with van der Waals surface area (Å²) in [4.78, 5) is -0.211. The van der Waals surface area contributed by atoms with Crippen molar-refractivity contribution in [1.29, 1.82) is 0 Å². The number of hydrogen-bond acceptors (Lipinski definition) is 4. The lowest BCUT2D eigenvalue weighted by Gasteiger charge is -2.20. The Hall–Kier alpha value is -0.630. The van der Waals surface area contributed by atoms with Gasteiger partial charge in [0.1, 0.15) is 10.7 Å². The molecule has 0 radical (unpaired) electrons. The van der Waals surface area contributed by atoms with Crippen LogP contribution in [0.25, 0.3) is 0 Å². The number of rotatable bonds is 4. The van der Waals surface area contributed by atoms with Crippen LogP contribution in [-0.4, -0.2) is 44.4 Å². The predicted octanol–water partition coefficient (Wildman–Crippen LogP) is 1.67. The number of nitrogens with zero attached hydrogens (tertiary/aromatic N) is 1. The van der Waals surface area contributed by atoms with Gasteiger partial charge in [0, 0.05) is 25.4 Å². The number of hydrogen-bond donors (Lipinski definition) is 1. The van der Waals surface area contributed by atoms with E-state index in [-0.39, 0.29) is 4.90 Å². The van der Waals surface area contributed by atoms with E-state index in [0.29, 0.717) is 19.6 Å². The summed E-state index contributed by atoms with van der Waals surface area (Å²) in [5, 5.41) is 2.94. The first kappa shape index (κ1) is 15.8. The highest BCUT2D eigenvalue weighted by atomic mass is 32.2. The standard InChI is InChI=1S/C13H19FN2O2S2/c1-15-10-11-3-4-12(14)13(9-11)20(17,18)16-5-2-7-19-8-6-16/h3-4,9,15H,2,5-8,10H2,1H3. The lowest BCUT2D eigenvalue weighted by atomic mass is 10.2. The van der Waals surface area contributed by atoms with Crippen LogP contribution in [0.5, 0.6) is 0 Å². The maximum absolute atomic E-state index is 13.9. The molecular formula is C13H19FN2O2S2. The number of halogens is 1. The van der Waals surface area contributed by atoms with Gasteiger partial charge in [0.2, 0.25) is 10.0 Å². The number of benzene rings is 1. The van der Waals surface area contributed by atoms with E-state index in [1.165, 1.54) is 16.4 Å². The first-order valence-electron chi connectivity index (χ1n) is 6.56. The lowest BCUT2D eigenvalue weighted by Crippen LogP contribution is -2.33. The SMILES string of the molecule is CNCc1ccc(F)c(S(=O)(=O)N2CCCSCC2)c1. The normalized spacial score (nSPS) is 17.9. The van der Waals surface area contributed by atoms with Crippen molar-refractivity contribution in [3.8, 4) is 0 Å². The van der Waals surface area contributed by atoms with E-state index in [0.717, 1.165) is 23.5 Å². The summed E-state index contributed by atoms with van der Waals surface area (Å²) < 4.78 is 40.5. The maximum atomic E-state index is 13.9. The molecule has 0 amide bonds. The molecule has 1 fully saturated rings. The number of sulfonamides is 1. The van der Waals surface area contributed by atoms with Crippen molar-refractivity contribution in [2.45, 2.75) is 17.9 Å². The van der Waals surface area contributed by atoms with Gasteiger partial charge in [-0.3, -0.25) is 0 Å². The molecule has 20 heavy (non-hydrogen) atoms. The highest BCUT2D eigenvalue weighted by Crippen LogP contribution is 2.23. The van der Waals surface area contributed by atoms with Crippen molar-refractivity contribution in [1.82, 2.24) is 9.62 Å². The average Bonchev–Trinajstić information content (AvgIpc) is 2.70. The van der Waals surface area contributed by atoms with E-state index in [1.807, 2.05) is 0 Å². The Morgan fingerprint density at radius 3 is 2.90 bits per heavy atom. The van der Waals surface area contributed by atoms with Crippen molar-refractivity contribution < 1.29 is 12.8 Å². The molecule has 1 heterocycles. The molecule has 112 valence electrons. The van der Waals surface area contributed by atoms with Gasteiger partial charge in [0.15, 0.2) is 0 Å². The van der Waals surface area contributed by atoms with E-state index >= 15 is 0 Å². The Morgan fingerprint density at radius 2 is 2.15 bits per heavy atom. The van der Waals surface area contributed by atoms with Gasteiger partial charge in [0.05, 0.1) is 0 Å². The van der Waals surface area contributed by atoms with E-state index in [2.05, 4.69) is 5.32 Å². The Kier molecular flexibility index (Phi) is 5.42. The van der Waals surface area contributed by atoms with Gasteiger partial charge >= 0.3 is 0 Å². The zero-order valence-corrected chi connectivity index (χ0v) is 13.1. The maximum Gasteiger partial charge on any atom is 0.246 e. The second-order valence-corrected chi connectivity index (χ2v) is 7.80. The van der Waals surface area contributed by atoms with Crippen LogP contribution in [-0.2, 0) is 16.6 Å². The first-order valence-corrected chi connectivity index (χ1v) is 9.16. The molecule has 1 aliphatic heterocycles. The zero-order valence-electron chi connectivity index (χ0n) is 11.4. The quantitative estimate of drug-likeness (QED) is 0.917. The van der Waals surface area contributed by atoms with Gasteiger partial charge in [-0.15, -0.1) is 0 Å². The minimum absolute atomic E-state index is 0.211. The molecule has 0 aliphatic carbocycles. The topological polar surface area (TPSA) is 49.4 Å². The Morgan fingerprint density at radius 1 is 1.35 bits per heavy atom. The van der Waals surface area contributed by atoms with Gasteiger partial charge in [-0.25, -0.2) is 12.8 Å². The third-order valence-corrected chi connectivity index (χ3v) is 6.14. The number of thioether (sulfide) groups is 1. The fraction of sp³-hybridized carbons (Fsp3) is 0.538. The molecule has 7 heteroatoms. The highest BCUT2D eigenvalue weighted by Gasteiger charge is 2.28. The minimum atomic E-state index is -3.74. The molecule has 0 unspecified atom stereocenters. The van der Waals surface area contributed by atoms with Crippen LogP contribution in [0.3, 0.4) is 0 Å². The van der Waals surface area contributed by atoms with E-state index < -0.39 is 15.8 Å². The van der Waals surface area contributed by atoms with Gasteiger partial charge in [-0.1, -0.05) is 6.07 Å². The first-order chi connectivity index (χ1) is 9.55. The van der Waals surface area contributed by atoms with E-state index in [4.69, 9.17) is 0 Å². The average molecular weight is 318 g/mol. The molecule has 0 aromatic heterocycles. The molecule has 1 saturated heterocycles. The van der Waals surface area contributed by atoms with Crippen molar-refractivity contribution in [3.05, 3.63) is 29.6 Å². The van der Waals surface area contributed by atoms with Crippen molar-refractivity contribution in [3.63, 3.8) is 0 Å². The van der Waals surface area contributed by atoms with Crippen LogP contribution in [0.1, 0.15) is 12.0 Å². The molecule has 0 atom stereocenters. The van der Waals surface area contributed by atoms with Crippen LogP contribution in [0.4, 0.5) is 4.39 Å². The summed E-state index contributed by atoms with van der Waals surface area (Å²) in [6, 6.07) is 4.26. The monoisotopic (exact) mass is 318 g/mol. The molecule has 2 rings (SSSR count). The molecule has 1 aromatic rings. The molecule has 1 aromatic carbocycles. The van der Waals surface area contributed by atoms with Gasteiger partial charge in [0.25, 0.3) is 0 Å². The van der Waals surface area contributed by atoms with Crippen molar-refractivity contribution >= 4 is 21.8 Å². The van der Waals surface area contributed by atoms with Gasteiger partial charge in [-0.05, 0) is 36.9 Å². The molecular weight excluding hydrogens is 299 g/mol. The second-order valence-electron chi connectivity index (χ2n) is 4.67. The highest BCUT2D eigenvalue weighted by molar-refractivity contribution is 7.99. The van der Waals surface area contributed by atoms with Crippen LogP contribution in [0, 0.1) is 5.82 Å². The largest absolute Gasteiger partial charge is 0.316 e. The predicted molar refractivity (Wildman–Crippen MR) is 79.9 cm³/mol. The van der Waals surface area contributed by atoms with E-state index in [1.54, 1.807) is 24.9 Å². The molecule has 0 saturated carbocycles. The summed E-state index contributed by atoms with van der Waals surface area (Å²) in [7, 11) is -1.97. The smallest absolute Gasteiger partial charge is 0.246 e. The van der Waals surface area contributed by atoms with Crippen LogP contribution < -0.4 is 5.32 Å². The van der Waals surface area contributed by atoms with Crippen molar-refractivity contribution in [2.24, 2.45) is 0 Å². The summed E-state index contributed by atoms with van der Waals surface area (Å²) >= 11 is 1.74. The number of nitrogens with one attached hydrogen (secondary N) is 1.